The van der Waals surface area contributed by atoms with Crippen LogP contribution < -0.4 is 5.32 Å². The second-order valence-corrected chi connectivity index (χ2v) is 8.34. The fourth-order valence-corrected chi connectivity index (χ4v) is 4.45. The molecule has 0 aromatic heterocycles. The van der Waals surface area contributed by atoms with E-state index in [1.165, 1.54) is 80.2 Å². The highest BCUT2D eigenvalue weighted by Crippen LogP contribution is 2.38. The van der Waals surface area contributed by atoms with Gasteiger partial charge in [-0.15, -0.1) is 0 Å². The van der Waals surface area contributed by atoms with Crippen LogP contribution in [0, 0.1) is 5.92 Å². The molecule has 0 aromatic carbocycles. The average Bonchev–Trinajstić information content (AvgIpc) is 2.66. The molecule has 0 spiro atoms. The second kappa shape index (κ2) is 11.4. The van der Waals surface area contributed by atoms with E-state index in [-0.39, 0.29) is 0 Å². The first-order chi connectivity index (χ1) is 13.1. The van der Waals surface area contributed by atoms with Gasteiger partial charge in [0, 0.05) is 18.2 Å². The fourth-order valence-electron chi connectivity index (χ4n) is 4.45. The Morgan fingerprint density at radius 2 is 2.07 bits per heavy atom. The summed E-state index contributed by atoms with van der Waals surface area (Å²) in [6, 6.07) is 0. The fraction of sp³-hybridized carbons (Fsp3) is 0.615. The van der Waals surface area contributed by atoms with Crippen LogP contribution in [0.1, 0.15) is 91.9 Å². The van der Waals surface area contributed by atoms with Crippen molar-refractivity contribution in [1.82, 2.24) is 5.32 Å². The van der Waals surface area contributed by atoms with E-state index in [4.69, 9.17) is 0 Å². The first-order valence-electron chi connectivity index (χ1n) is 11.3. The normalized spacial score (nSPS) is 21.3. The molecule has 0 aromatic rings. The monoisotopic (exact) mass is 367 g/mol. The third kappa shape index (κ3) is 6.26. The molecule has 2 aliphatic rings. The summed E-state index contributed by atoms with van der Waals surface area (Å²) in [6.07, 6.45) is 19.7. The molecule has 0 radical (unpaired) electrons. The molecule has 0 saturated carbocycles. The van der Waals surface area contributed by atoms with Crippen LogP contribution in [0.15, 0.2) is 58.4 Å². The number of nitrogens with one attached hydrogen (secondary N) is 1. The number of allylic oxidation sites excluding steroid dienone is 6. The third-order valence-corrected chi connectivity index (χ3v) is 6.10. The average molecular weight is 368 g/mol. The summed E-state index contributed by atoms with van der Waals surface area (Å²) in [5.74, 6) is 0.567. The molecule has 1 unspecified atom stereocenters. The van der Waals surface area contributed by atoms with Crippen LogP contribution in [-0.4, -0.2) is 6.54 Å². The minimum Gasteiger partial charge on any atom is -0.381 e. The van der Waals surface area contributed by atoms with Crippen LogP contribution in [0.3, 0.4) is 0 Å². The van der Waals surface area contributed by atoms with Crippen molar-refractivity contribution in [2.45, 2.75) is 91.9 Å². The Kier molecular flexibility index (Phi) is 9.18. The zero-order valence-electron chi connectivity index (χ0n) is 18.3. The van der Waals surface area contributed by atoms with E-state index in [9.17, 15) is 0 Å². The molecule has 0 heterocycles. The molecule has 150 valence electrons. The first kappa shape index (κ1) is 21.8. The van der Waals surface area contributed by atoms with Gasteiger partial charge in [-0.2, -0.15) is 0 Å². The number of unbranched alkanes of at least 4 members (excludes halogenated alkanes) is 2. The predicted octanol–water partition coefficient (Wildman–Crippen LogP) is 7.79. The van der Waals surface area contributed by atoms with E-state index in [1.54, 1.807) is 11.1 Å². The van der Waals surface area contributed by atoms with Crippen LogP contribution in [0.4, 0.5) is 0 Å². The molecule has 1 nitrogen and oxygen atoms in total. The number of rotatable bonds is 10. The maximum atomic E-state index is 4.57. The zero-order valence-corrected chi connectivity index (χ0v) is 18.3. The van der Waals surface area contributed by atoms with Gasteiger partial charge in [-0.3, -0.25) is 0 Å². The molecule has 0 bridgehead atoms. The summed E-state index contributed by atoms with van der Waals surface area (Å²) >= 11 is 0. The van der Waals surface area contributed by atoms with Crippen molar-refractivity contribution >= 4 is 0 Å². The van der Waals surface area contributed by atoms with Crippen molar-refractivity contribution in [2.75, 3.05) is 6.54 Å². The Balaban J connectivity index is 2.17. The van der Waals surface area contributed by atoms with Crippen LogP contribution in [0.5, 0.6) is 0 Å². The van der Waals surface area contributed by atoms with Crippen LogP contribution in [0.2, 0.25) is 0 Å². The number of hydrogen-bond acceptors (Lipinski definition) is 1. The summed E-state index contributed by atoms with van der Waals surface area (Å²) in [4.78, 5) is 0. The Morgan fingerprint density at radius 1 is 1.26 bits per heavy atom. The van der Waals surface area contributed by atoms with Gasteiger partial charge >= 0.3 is 0 Å². The molecule has 1 atom stereocenters. The predicted molar refractivity (Wildman–Crippen MR) is 121 cm³/mol. The zero-order chi connectivity index (χ0) is 19.6. The molecule has 0 saturated heterocycles. The van der Waals surface area contributed by atoms with Gasteiger partial charge < -0.3 is 5.32 Å². The highest BCUT2D eigenvalue weighted by Gasteiger charge is 2.24. The molecule has 1 heteroatoms. The van der Waals surface area contributed by atoms with E-state index in [2.05, 4.69) is 57.8 Å². The Morgan fingerprint density at radius 3 is 2.74 bits per heavy atom. The second-order valence-electron chi connectivity index (χ2n) is 8.34. The Hall–Kier alpha value is -1.50. The molecule has 0 aliphatic heterocycles. The van der Waals surface area contributed by atoms with Gasteiger partial charge in [0.25, 0.3) is 0 Å². The molecule has 27 heavy (non-hydrogen) atoms. The third-order valence-electron chi connectivity index (χ3n) is 6.10. The van der Waals surface area contributed by atoms with Gasteiger partial charge in [-0.25, -0.2) is 0 Å². The van der Waals surface area contributed by atoms with E-state index >= 15 is 0 Å². The maximum Gasteiger partial charge on any atom is 0.0408 e. The lowest BCUT2D eigenvalue weighted by molar-refractivity contribution is 0.585. The van der Waals surface area contributed by atoms with Crippen molar-refractivity contribution in [3.8, 4) is 0 Å². The van der Waals surface area contributed by atoms with Gasteiger partial charge in [0.05, 0.1) is 0 Å². The van der Waals surface area contributed by atoms with Crippen molar-refractivity contribution in [3.05, 3.63) is 58.4 Å². The molecule has 0 amide bonds. The first-order valence-corrected chi connectivity index (χ1v) is 11.3. The molecule has 1 N–H and O–H groups in total. The summed E-state index contributed by atoms with van der Waals surface area (Å²) in [5.41, 5.74) is 8.72. The summed E-state index contributed by atoms with van der Waals surface area (Å²) in [7, 11) is 0. The quantitative estimate of drug-likeness (QED) is 0.307. The maximum absolute atomic E-state index is 4.57. The summed E-state index contributed by atoms with van der Waals surface area (Å²) in [5, 5.41) is 3.81. The molecular formula is C26H41N. The minimum atomic E-state index is 0.567. The van der Waals surface area contributed by atoms with Gasteiger partial charge in [0.2, 0.25) is 0 Å². The SMILES string of the molecule is C=C1C(C2C=C(C)CCC2)=CCC(CCCCC)=C1NC/C(=C/C)CCC. The van der Waals surface area contributed by atoms with Gasteiger partial charge in [-0.05, 0) is 75.5 Å². The number of hydrogen-bond donors (Lipinski definition) is 1. The van der Waals surface area contributed by atoms with Crippen LogP contribution in [-0.2, 0) is 0 Å². The lowest BCUT2D eigenvalue weighted by atomic mass is 9.78. The highest BCUT2D eigenvalue weighted by atomic mass is 14.9. The smallest absolute Gasteiger partial charge is 0.0408 e. The molecule has 2 aliphatic carbocycles. The van der Waals surface area contributed by atoms with Gasteiger partial charge in [-0.1, -0.05) is 69.1 Å². The van der Waals surface area contributed by atoms with Gasteiger partial charge in [0.1, 0.15) is 0 Å². The molecule has 2 rings (SSSR count). The lowest BCUT2D eigenvalue weighted by Crippen LogP contribution is -2.24. The Labute approximate surface area is 168 Å². The van der Waals surface area contributed by atoms with Gasteiger partial charge in [0.15, 0.2) is 0 Å². The van der Waals surface area contributed by atoms with Crippen molar-refractivity contribution < 1.29 is 0 Å². The van der Waals surface area contributed by atoms with E-state index < -0.39 is 0 Å². The van der Waals surface area contributed by atoms with Crippen LogP contribution >= 0.6 is 0 Å². The van der Waals surface area contributed by atoms with Crippen molar-refractivity contribution in [2.24, 2.45) is 5.92 Å². The summed E-state index contributed by atoms with van der Waals surface area (Å²) in [6.45, 7) is 14.5. The topological polar surface area (TPSA) is 12.0 Å². The lowest BCUT2D eigenvalue weighted by Gasteiger charge is -2.30. The van der Waals surface area contributed by atoms with Crippen molar-refractivity contribution in [3.63, 3.8) is 0 Å². The highest BCUT2D eigenvalue weighted by molar-refractivity contribution is 5.53. The Bertz CT molecular complexity index is 627. The molecule has 0 fully saturated rings. The van der Waals surface area contributed by atoms with Crippen molar-refractivity contribution in [1.29, 1.82) is 0 Å². The van der Waals surface area contributed by atoms with E-state index in [0.29, 0.717) is 5.92 Å². The van der Waals surface area contributed by atoms with E-state index in [0.717, 1.165) is 13.0 Å². The standard InChI is InChI=1S/C26H41N/c1-6-9-10-14-23-16-17-25(24-15-11-13-20(4)18-24)21(5)26(23)27-19-22(8-3)12-7-2/h8,17-18,24,27H,5-7,9-16,19H2,1-4H3/b22-8+. The minimum absolute atomic E-state index is 0.567. The molecular weight excluding hydrogens is 326 g/mol. The summed E-state index contributed by atoms with van der Waals surface area (Å²) < 4.78 is 0. The van der Waals surface area contributed by atoms with Crippen LogP contribution in [0.25, 0.3) is 0 Å². The largest absolute Gasteiger partial charge is 0.381 e. The van der Waals surface area contributed by atoms with E-state index in [1.807, 2.05) is 0 Å².